The van der Waals surface area contributed by atoms with E-state index in [0.29, 0.717) is 10.9 Å². The van der Waals surface area contributed by atoms with Crippen molar-refractivity contribution in [3.63, 3.8) is 0 Å². The first-order valence-corrected chi connectivity index (χ1v) is 5.75. The van der Waals surface area contributed by atoms with E-state index in [0.717, 1.165) is 0 Å². The van der Waals surface area contributed by atoms with Gasteiger partial charge in [-0.25, -0.2) is 14.5 Å². The van der Waals surface area contributed by atoms with Crippen LogP contribution in [-0.4, -0.2) is 32.4 Å². The van der Waals surface area contributed by atoms with Gasteiger partial charge in [0.2, 0.25) is 5.69 Å². The number of hydrogen-bond acceptors (Lipinski definition) is 5. The highest BCUT2D eigenvalue weighted by atomic mass is 16.5. The number of ether oxygens (including phenoxy) is 1. The third-order valence-corrected chi connectivity index (χ3v) is 2.74. The standard InChI is InChI=1S/C12H10N4O3/c1-2-19-12(18)9-10-13-11(17)7-5-3-4-6-8(7)16(10)15-14-9/h3-6,15H,2H2,1H3. The number of nitrogens with zero attached hydrogens (tertiary/aromatic N) is 3. The first kappa shape index (κ1) is 11.4. The fourth-order valence-electron chi connectivity index (χ4n) is 1.92. The Labute approximate surface area is 106 Å². The molecule has 0 spiro atoms. The lowest BCUT2D eigenvalue weighted by Crippen LogP contribution is -2.12. The normalized spacial score (nSPS) is 11.0. The van der Waals surface area contributed by atoms with Crippen molar-refractivity contribution >= 4 is 22.5 Å². The van der Waals surface area contributed by atoms with Crippen molar-refractivity contribution < 1.29 is 9.53 Å². The van der Waals surface area contributed by atoms with Gasteiger partial charge in [-0.3, -0.25) is 4.79 Å². The highest BCUT2D eigenvalue weighted by Gasteiger charge is 2.18. The Kier molecular flexibility index (Phi) is 2.52. The lowest BCUT2D eigenvalue weighted by molar-refractivity contribution is 0.0521. The number of hydrogen-bond donors (Lipinski definition) is 1. The molecule has 1 aromatic carbocycles. The Balaban J connectivity index is 2.36. The van der Waals surface area contributed by atoms with Crippen LogP contribution in [0, 0.1) is 0 Å². The minimum atomic E-state index is -0.608. The molecule has 0 saturated carbocycles. The molecule has 1 N–H and O–H groups in total. The van der Waals surface area contributed by atoms with Crippen molar-refractivity contribution in [2.24, 2.45) is 0 Å². The number of para-hydroxylation sites is 1. The number of fused-ring (bicyclic) bond motifs is 3. The number of aromatic nitrogens is 4. The van der Waals surface area contributed by atoms with Gasteiger partial charge in [0.1, 0.15) is 0 Å². The van der Waals surface area contributed by atoms with Crippen LogP contribution in [0.3, 0.4) is 0 Å². The molecule has 2 heterocycles. The van der Waals surface area contributed by atoms with Gasteiger partial charge in [0.25, 0.3) is 5.56 Å². The van der Waals surface area contributed by atoms with Gasteiger partial charge in [0, 0.05) is 0 Å². The molecule has 96 valence electrons. The second-order valence-corrected chi connectivity index (χ2v) is 3.87. The van der Waals surface area contributed by atoms with E-state index < -0.39 is 11.5 Å². The molecule has 0 amide bonds. The predicted molar refractivity (Wildman–Crippen MR) is 67.1 cm³/mol. The molecule has 0 fully saturated rings. The molecular formula is C12H10N4O3. The predicted octanol–water partition coefficient (Wildman–Crippen LogP) is 0.747. The number of benzene rings is 1. The largest absolute Gasteiger partial charge is 0.461 e. The molecular weight excluding hydrogens is 248 g/mol. The monoisotopic (exact) mass is 258 g/mol. The third kappa shape index (κ3) is 1.67. The summed E-state index contributed by atoms with van der Waals surface area (Å²) in [6.45, 7) is 1.93. The molecule has 19 heavy (non-hydrogen) atoms. The summed E-state index contributed by atoms with van der Waals surface area (Å²) in [4.78, 5) is 27.5. The molecule has 7 heteroatoms. The zero-order chi connectivity index (χ0) is 13.4. The minimum Gasteiger partial charge on any atom is -0.461 e. The molecule has 7 nitrogen and oxygen atoms in total. The van der Waals surface area contributed by atoms with Gasteiger partial charge in [0.05, 0.1) is 17.5 Å². The molecule has 0 aliphatic heterocycles. The van der Waals surface area contributed by atoms with E-state index in [1.807, 2.05) is 0 Å². The number of carbonyl (C=O) groups excluding carboxylic acids is 1. The van der Waals surface area contributed by atoms with Crippen molar-refractivity contribution in [1.29, 1.82) is 0 Å². The number of aromatic amines is 1. The summed E-state index contributed by atoms with van der Waals surface area (Å²) in [7, 11) is 0. The molecule has 0 radical (unpaired) electrons. The van der Waals surface area contributed by atoms with Gasteiger partial charge in [0.15, 0.2) is 5.65 Å². The topological polar surface area (TPSA) is 89.3 Å². The number of rotatable bonds is 2. The molecule has 0 aliphatic rings. The Morgan fingerprint density at radius 1 is 1.42 bits per heavy atom. The number of esters is 1. The van der Waals surface area contributed by atoms with E-state index in [1.165, 1.54) is 4.52 Å². The maximum absolute atomic E-state index is 11.9. The van der Waals surface area contributed by atoms with E-state index >= 15 is 0 Å². The Bertz CT molecular complexity index is 834. The second-order valence-electron chi connectivity index (χ2n) is 3.87. The third-order valence-electron chi connectivity index (χ3n) is 2.74. The van der Waals surface area contributed by atoms with Gasteiger partial charge < -0.3 is 4.74 Å². The SMILES string of the molecule is CCOC(=O)c1n[nH]n2c1nc(=O)c1ccccc12. The van der Waals surface area contributed by atoms with Gasteiger partial charge in [-0.2, -0.15) is 4.98 Å². The fraction of sp³-hybridized carbons (Fsp3) is 0.167. The van der Waals surface area contributed by atoms with Crippen molar-refractivity contribution in [1.82, 2.24) is 19.8 Å². The molecule has 0 bridgehead atoms. The fourth-order valence-corrected chi connectivity index (χ4v) is 1.92. The van der Waals surface area contributed by atoms with Crippen LogP contribution in [0.1, 0.15) is 17.4 Å². The Morgan fingerprint density at radius 2 is 2.21 bits per heavy atom. The summed E-state index contributed by atoms with van der Waals surface area (Å²) in [5, 5.41) is 6.99. The molecule has 3 rings (SSSR count). The zero-order valence-corrected chi connectivity index (χ0v) is 10.1. The average molecular weight is 258 g/mol. The van der Waals surface area contributed by atoms with Crippen LogP contribution in [0.5, 0.6) is 0 Å². The zero-order valence-electron chi connectivity index (χ0n) is 10.1. The van der Waals surface area contributed by atoms with E-state index in [-0.39, 0.29) is 17.9 Å². The van der Waals surface area contributed by atoms with Crippen LogP contribution < -0.4 is 5.56 Å². The summed E-state index contributed by atoms with van der Waals surface area (Å²) >= 11 is 0. The summed E-state index contributed by atoms with van der Waals surface area (Å²) in [5.74, 6) is -0.608. The van der Waals surface area contributed by atoms with Crippen LogP contribution in [0.15, 0.2) is 29.1 Å². The van der Waals surface area contributed by atoms with Crippen LogP contribution in [0.25, 0.3) is 16.6 Å². The number of carbonyl (C=O) groups is 1. The highest BCUT2D eigenvalue weighted by molar-refractivity contribution is 5.94. The summed E-state index contributed by atoms with van der Waals surface area (Å²) < 4.78 is 6.36. The van der Waals surface area contributed by atoms with Crippen molar-refractivity contribution in [2.75, 3.05) is 6.61 Å². The summed E-state index contributed by atoms with van der Waals surface area (Å²) in [6, 6.07) is 6.96. The molecule has 0 aliphatic carbocycles. The van der Waals surface area contributed by atoms with Crippen molar-refractivity contribution in [3.8, 4) is 0 Å². The van der Waals surface area contributed by atoms with Crippen LogP contribution in [0.2, 0.25) is 0 Å². The quantitative estimate of drug-likeness (QED) is 0.685. The minimum absolute atomic E-state index is 0.00435. The van der Waals surface area contributed by atoms with E-state index in [2.05, 4.69) is 15.3 Å². The lowest BCUT2D eigenvalue weighted by atomic mass is 10.2. The molecule has 0 atom stereocenters. The molecule has 0 saturated heterocycles. The first-order chi connectivity index (χ1) is 9.22. The average Bonchev–Trinajstić information content (AvgIpc) is 2.83. The lowest BCUT2D eigenvalue weighted by Gasteiger charge is -2.00. The van der Waals surface area contributed by atoms with Gasteiger partial charge >= 0.3 is 5.97 Å². The summed E-state index contributed by atoms with van der Waals surface area (Å²) in [5.41, 5.74) is 0.384. The van der Waals surface area contributed by atoms with Gasteiger partial charge in [-0.1, -0.05) is 12.1 Å². The van der Waals surface area contributed by atoms with Crippen LogP contribution >= 0.6 is 0 Å². The Hall–Kier alpha value is -2.70. The molecule has 3 aromatic rings. The van der Waals surface area contributed by atoms with Gasteiger partial charge in [-0.05, 0) is 19.1 Å². The number of H-pyrrole nitrogens is 1. The maximum atomic E-state index is 11.9. The van der Waals surface area contributed by atoms with Crippen molar-refractivity contribution in [2.45, 2.75) is 6.92 Å². The Morgan fingerprint density at radius 3 is 3.00 bits per heavy atom. The van der Waals surface area contributed by atoms with Crippen LogP contribution in [-0.2, 0) is 4.74 Å². The van der Waals surface area contributed by atoms with Crippen molar-refractivity contribution in [3.05, 3.63) is 40.3 Å². The summed E-state index contributed by atoms with van der Waals surface area (Å²) in [6.07, 6.45) is 0. The van der Waals surface area contributed by atoms with Crippen LogP contribution in [0.4, 0.5) is 0 Å². The first-order valence-electron chi connectivity index (χ1n) is 5.75. The smallest absolute Gasteiger partial charge is 0.362 e. The maximum Gasteiger partial charge on any atom is 0.362 e. The van der Waals surface area contributed by atoms with E-state index in [9.17, 15) is 9.59 Å². The molecule has 2 aromatic heterocycles. The van der Waals surface area contributed by atoms with E-state index in [4.69, 9.17) is 4.74 Å². The van der Waals surface area contributed by atoms with Gasteiger partial charge in [-0.15, -0.1) is 5.10 Å². The molecule has 0 unspecified atom stereocenters. The highest BCUT2D eigenvalue weighted by Crippen LogP contribution is 2.12. The second kappa shape index (κ2) is 4.20. The van der Waals surface area contributed by atoms with E-state index in [1.54, 1.807) is 31.2 Å². The number of nitrogens with one attached hydrogen (secondary N) is 1.